The summed E-state index contributed by atoms with van der Waals surface area (Å²) in [7, 11) is -1.13. The summed E-state index contributed by atoms with van der Waals surface area (Å²) in [5.41, 5.74) is 11.2. The molecule has 0 spiro atoms. The predicted octanol–water partition coefficient (Wildman–Crippen LogP) is 5.46. The zero-order valence-electron chi connectivity index (χ0n) is 20.9. The molecule has 0 aromatic carbocycles. The molecule has 2 aromatic heterocycles. The van der Waals surface area contributed by atoms with E-state index in [0.29, 0.717) is 44.0 Å². The minimum absolute atomic E-state index is 0.0549. The van der Waals surface area contributed by atoms with Crippen LogP contribution in [0.2, 0.25) is 25.7 Å². The van der Waals surface area contributed by atoms with Crippen LogP contribution in [0.4, 0.5) is 5.69 Å². The Morgan fingerprint density at radius 3 is 2.71 bits per heavy atom. The number of carbonyl (C=O) groups excluding carboxylic acids is 1. The Bertz CT molecular complexity index is 1070. The highest BCUT2D eigenvalue weighted by Gasteiger charge is 2.36. The van der Waals surface area contributed by atoms with Crippen LogP contribution in [-0.2, 0) is 11.5 Å². The minimum atomic E-state index is -1.13. The summed E-state index contributed by atoms with van der Waals surface area (Å²) in [6.45, 7) is 12.2. The van der Waals surface area contributed by atoms with Gasteiger partial charge in [-0.2, -0.15) is 0 Å². The van der Waals surface area contributed by atoms with Crippen molar-refractivity contribution in [1.82, 2.24) is 14.5 Å². The van der Waals surface area contributed by atoms with E-state index in [2.05, 4.69) is 40.6 Å². The molecule has 2 aromatic rings. The third-order valence-electron chi connectivity index (χ3n) is 7.16. The lowest BCUT2D eigenvalue weighted by atomic mass is 9.85. The number of fused-ring (bicyclic) bond motifs is 3. The van der Waals surface area contributed by atoms with Gasteiger partial charge >= 0.3 is 0 Å². The molecule has 1 aliphatic carbocycles. The standard InChI is InChI=1S/C24H37N7O2Si/c1-5-29-16-31(19-8-6-18(7-9-19)14-27-28-25)22-20-10-11-30(17-33-12-13-34(2,3)4)23(20)26-15-21(22)24(29)32/h10-11,15,18-19H,5-9,12-14,16-17H2,1-4H3. The van der Waals surface area contributed by atoms with Crippen molar-refractivity contribution >= 4 is 30.7 Å². The Kier molecular flexibility index (Phi) is 7.50. The topological polar surface area (TPSA) is 99.4 Å². The number of anilines is 1. The molecule has 3 heterocycles. The van der Waals surface area contributed by atoms with Crippen LogP contribution < -0.4 is 4.90 Å². The van der Waals surface area contributed by atoms with Crippen LogP contribution in [-0.4, -0.2) is 60.8 Å². The van der Waals surface area contributed by atoms with Crippen molar-refractivity contribution in [2.75, 3.05) is 31.3 Å². The number of rotatable bonds is 9. The molecular weight excluding hydrogens is 446 g/mol. The van der Waals surface area contributed by atoms with Crippen LogP contribution in [0.5, 0.6) is 0 Å². The summed E-state index contributed by atoms with van der Waals surface area (Å²) in [6.07, 6.45) is 7.91. The van der Waals surface area contributed by atoms with Gasteiger partial charge in [0.1, 0.15) is 12.4 Å². The third kappa shape index (κ3) is 5.24. The molecule has 0 N–H and O–H groups in total. The van der Waals surface area contributed by atoms with Crippen LogP contribution >= 0.6 is 0 Å². The van der Waals surface area contributed by atoms with Crippen molar-refractivity contribution in [2.45, 2.75) is 71.1 Å². The number of nitrogens with zero attached hydrogens (tertiary/aromatic N) is 7. The summed E-state index contributed by atoms with van der Waals surface area (Å²) >= 11 is 0. The van der Waals surface area contributed by atoms with Crippen LogP contribution in [0.3, 0.4) is 0 Å². The SMILES string of the molecule is CCN1CN(C2CCC(CN=[N+]=[N-])CC2)c2c(cnc3c2ccn3COCC[Si](C)(C)C)C1=O. The van der Waals surface area contributed by atoms with Gasteiger partial charge in [0.05, 0.1) is 17.9 Å². The monoisotopic (exact) mass is 483 g/mol. The number of aromatic nitrogens is 2. The lowest BCUT2D eigenvalue weighted by Gasteiger charge is -2.44. The Balaban J connectivity index is 1.59. The average molecular weight is 484 g/mol. The molecule has 0 saturated heterocycles. The quantitative estimate of drug-likeness (QED) is 0.155. The zero-order chi connectivity index (χ0) is 24.3. The van der Waals surface area contributed by atoms with E-state index in [1.807, 2.05) is 22.6 Å². The molecule has 0 radical (unpaired) electrons. The highest BCUT2D eigenvalue weighted by atomic mass is 28.3. The first kappa shape index (κ1) is 24.6. The van der Waals surface area contributed by atoms with E-state index in [1.54, 1.807) is 6.20 Å². The number of ether oxygens (including phenoxy) is 1. The summed E-state index contributed by atoms with van der Waals surface area (Å²) in [4.78, 5) is 25.1. The molecule has 0 unspecified atom stereocenters. The molecule has 0 bridgehead atoms. The second-order valence-corrected chi connectivity index (χ2v) is 16.4. The van der Waals surface area contributed by atoms with E-state index in [-0.39, 0.29) is 5.91 Å². The Labute approximate surface area is 202 Å². The summed E-state index contributed by atoms with van der Waals surface area (Å²) < 4.78 is 8.03. The minimum Gasteiger partial charge on any atom is -0.361 e. The van der Waals surface area contributed by atoms with Gasteiger partial charge in [0.15, 0.2) is 0 Å². The van der Waals surface area contributed by atoms with Gasteiger partial charge in [-0.1, -0.05) is 24.8 Å². The van der Waals surface area contributed by atoms with Gasteiger partial charge in [0.25, 0.3) is 5.91 Å². The maximum atomic E-state index is 13.2. The first-order valence-electron chi connectivity index (χ1n) is 12.4. The van der Waals surface area contributed by atoms with Crippen molar-refractivity contribution in [3.63, 3.8) is 0 Å². The number of hydrogen-bond donors (Lipinski definition) is 0. The fourth-order valence-electron chi connectivity index (χ4n) is 5.06. The van der Waals surface area contributed by atoms with Crippen LogP contribution in [0, 0.1) is 5.92 Å². The molecule has 34 heavy (non-hydrogen) atoms. The first-order valence-corrected chi connectivity index (χ1v) is 16.2. The van der Waals surface area contributed by atoms with Gasteiger partial charge in [-0.3, -0.25) is 4.79 Å². The normalized spacial score (nSPS) is 21.0. The second kappa shape index (κ2) is 10.4. The van der Waals surface area contributed by atoms with Gasteiger partial charge < -0.3 is 19.1 Å². The van der Waals surface area contributed by atoms with E-state index in [9.17, 15) is 4.79 Å². The van der Waals surface area contributed by atoms with Crippen molar-refractivity contribution in [1.29, 1.82) is 0 Å². The van der Waals surface area contributed by atoms with Gasteiger partial charge in [-0.05, 0) is 56.2 Å². The average Bonchev–Trinajstić information content (AvgIpc) is 3.24. The van der Waals surface area contributed by atoms with Crippen molar-refractivity contribution < 1.29 is 9.53 Å². The van der Waals surface area contributed by atoms with E-state index < -0.39 is 8.07 Å². The molecule has 184 valence electrons. The van der Waals surface area contributed by atoms with Crippen LogP contribution in [0.1, 0.15) is 43.0 Å². The lowest BCUT2D eigenvalue weighted by molar-refractivity contribution is 0.0741. The molecule has 1 saturated carbocycles. The molecule has 9 nitrogen and oxygen atoms in total. The lowest BCUT2D eigenvalue weighted by Crippen LogP contribution is -2.51. The predicted molar refractivity (Wildman–Crippen MR) is 138 cm³/mol. The van der Waals surface area contributed by atoms with Crippen LogP contribution in [0.25, 0.3) is 21.5 Å². The molecule has 4 rings (SSSR count). The number of amides is 1. The van der Waals surface area contributed by atoms with E-state index >= 15 is 0 Å². The fourth-order valence-corrected chi connectivity index (χ4v) is 5.81. The van der Waals surface area contributed by atoms with E-state index in [0.717, 1.165) is 55.1 Å². The molecule has 2 aliphatic rings. The molecule has 1 fully saturated rings. The maximum absolute atomic E-state index is 13.2. The van der Waals surface area contributed by atoms with Gasteiger partial charge in [-0.15, -0.1) is 0 Å². The molecule has 0 atom stereocenters. The van der Waals surface area contributed by atoms with Crippen molar-refractivity contribution in [3.8, 4) is 0 Å². The Morgan fingerprint density at radius 1 is 1.26 bits per heavy atom. The summed E-state index contributed by atoms with van der Waals surface area (Å²) in [6, 6.07) is 3.56. The molecule has 1 aliphatic heterocycles. The molecule has 1 amide bonds. The third-order valence-corrected chi connectivity index (χ3v) is 8.86. The second-order valence-electron chi connectivity index (χ2n) is 10.8. The fraction of sp³-hybridized carbons (Fsp3) is 0.667. The number of azide groups is 1. The number of carbonyl (C=O) groups is 1. The number of pyridine rings is 1. The summed E-state index contributed by atoms with van der Waals surface area (Å²) in [5.74, 6) is 0.506. The summed E-state index contributed by atoms with van der Waals surface area (Å²) in [5, 5.41) is 4.81. The first-order chi connectivity index (χ1) is 16.3. The molecule has 10 heteroatoms. The van der Waals surface area contributed by atoms with Crippen molar-refractivity contribution in [2.24, 2.45) is 11.0 Å². The number of hydrogen-bond acceptors (Lipinski definition) is 5. The zero-order valence-corrected chi connectivity index (χ0v) is 21.9. The highest BCUT2D eigenvalue weighted by Crippen LogP contribution is 2.39. The highest BCUT2D eigenvalue weighted by molar-refractivity contribution is 6.76. The Morgan fingerprint density at radius 2 is 2.03 bits per heavy atom. The molecular formula is C24H37N7O2Si. The Hall–Kier alpha value is -2.55. The van der Waals surface area contributed by atoms with Gasteiger partial charge in [0.2, 0.25) is 0 Å². The van der Waals surface area contributed by atoms with Gasteiger partial charge in [0, 0.05) is 56.5 Å². The maximum Gasteiger partial charge on any atom is 0.258 e. The van der Waals surface area contributed by atoms with Gasteiger partial charge in [-0.25, -0.2) is 4.98 Å². The largest absolute Gasteiger partial charge is 0.361 e. The van der Waals surface area contributed by atoms with Crippen LogP contribution in [0.15, 0.2) is 23.6 Å². The smallest absolute Gasteiger partial charge is 0.258 e. The van der Waals surface area contributed by atoms with E-state index in [4.69, 9.17) is 15.3 Å². The van der Waals surface area contributed by atoms with E-state index in [1.165, 1.54) is 0 Å². The van der Waals surface area contributed by atoms with Crippen molar-refractivity contribution in [3.05, 3.63) is 34.5 Å².